The number of hydrogen-bond acceptors (Lipinski definition) is 3. The van der Waals surface area contributed by atoms with Gasteiger partial charge in [0.1, 0.15) is 5.78 Å². The van der Waals surface area contributed by atoms with Gasteiger partial charge in [0.15, 0.2) is 0 Å². The molecule has 1 saturated carbocycles. The molecule has 1 fully saturated rings. The summed E-state index contributed by atoms with van der Waals surface area (Å²) in [6.45, 7) is 0. The molecule has 1 rings (SSSR count). The molecule has 0 unspecified atom stereocenters. The highest BCUT2D eigenvalue weighted by molar-refractivity contribution is 5.78. The Hall–Kier alpha value is -0.730. The summed E-state index contributed by atoms with van der Waals surface area (Å²) in [6, 6.07) is 0. The maximum absolute atomic E-state index is 10.5. The monoisotopic (exact) mass is 130 g/mol. The Morgan fingerprint density at radius 1 is 0.889 bits per heavy atom. The first-order valence-electron chi connectivity index (χ1n) is 3.08. The Bertz CT molecular complexity index is 82.3. The summed E-state index contributed by atoms with van der Waals surface area (Å²) < 4.78 is 0. The first-order valence-corrected chi connectivity index (χ1v) is 3.08. The topological polar surface area (TPSA) is 51.2 Å². The van der Waals surface area contributed by atoms with Gasteiger partial charge in [-0.15, -0.1) is 0 Å². The number of carbonyl (C=O) groups excluding carboxylic acids is 1. The van der Waals surface area contributed by atoms with Crippen LogP contribution < -0.4 is 0 Å². The zero-order chi connectivity index (χ0) is 7.11. The number of rotatable bonds is 0. The van der Waals surface area contributed by atoms with Crippen molar-refractivity contribution in [3.8, 4) is 0 Å². The number of hydrogen-bond donors (Lipinski definition) is 0. The molecule has 0 aromatic carbocycles. The first-order chi connectivity index (χ1) is 4.39. The molecule has 3 nitrogen and oxygen atoms in total. The standard InChI is InChI=1S/C6H10O.O2/c7-6-4-2-1-3-5-6;1-2/h1-5H2;. The predicted molar refractivity (Wildman–Crippen MR) is 34.8 cm³/mol. The van der Waals surface area contributed by atoms with Crippen LogP contribution in [-0.4, -0.2) is 5.78 Å². The van der Waals surface area contributed by atoms with Gasteiger partial charge < -0.3 is 0 Å². The van der Waals surface area contributed by atoms with Crippen LogP contribution in [0.2, 0.25) is 0 Å². The first kappa shape index (κ1) is 8.27. The van der Waals surface area contributed by atoms with Crippen molar-refractivity contribution in [1.82, 2.24) is 0 Å². The summed E-state index contributed by atoms with van der Waals surface area (Å²) in [5.74, 6) is 0.464. The fourth-order valence-electron chi connectivity index (χ4n) is 0.946. The number of ketones is 1. The Morgan fingerprint density at radius 2 is 1.33 bits per heavy atom. The van der Waals surface area contributed by atoms with Crippen LogP contribution in [0, 0.1) is 9.93 Å². The zero-order valence-electron chi connectivity index (χ0n) is 5.26. The van der Waals surface area contributed by atoms with Crippen LogP contribution >= 0.6 is 0 Å². The summed E-state index contributed by atoms with van der Waals surface area (Å²) in [7, 11) is 0. The van der Waals surface area contributed by atoms with Crippen molar-refractivity contribution in [1.29, 1.82) is 0 Å². The molecular formula is C6H10O3. The number of carbonyl (C=O) groups is 1. The van der Waals surface area contributed by atoms with Crippen molar-refractivity contribution in [3.05, 3.63) is 9.93 Å². The lowest BCUT2D eigenvalue weighted by Gasteiger charge is -2.05. The van der Waals surface area contributed by atoms with Gasteiger partial charge in [0.2, 0.25) is 0 Å². The van der Waals surface area contributed by atoms with Crippen LogP contribution in [0.5, 0.6) is 0 Å². The molecule has 0 saturated heterocycles. The molecule has 0 atom stereocenters. The quantitative estimate of drug-likeness (QED) is 0.500. The molecule has 0 spiro atoms. The molecule has 0 N–H and O–H groups in total. The Labute approximate surface area is 53.7 Å². The van der Waals surface area contributed by atoms with Crippen LogP contribution in [0.3, 0.4) is 0 Å². The molecule has 0 bridgehead atoms. The minimum atomic E-state index is 0.464. The molecule has 0 amide bonds. The third kappa shape index (κ3) is 3.82. The van der Waals surface area contributed by atoms with Crippen LogP contribution in [0.1, 0.15) is 32.1 Å². The fourth-order valence-corrected chi connectivity index (χ4v) is 0.946. The highest BCUT2D eigenvalue weighted by Gasteiger charge is 2.05. The highest BCUT2D eigenvalue weighted by atomic mass is 16.7. The van der Waals surface area contributed by atoms with E-state index in [1.54, 1.807) is 0 Å². The van der Waals surface area contributed by atoms with Gasteiger partial charge in [0.05, 0.1) is 0 Å². The largest absolute Gasteiger partial charge is 0.300 e. The van der Waals surface area contributed by atoms with E-state index in [-0.39, 0.29) is 0 Å². The SMILES string of the molecule is O=C1CCCCC1.O=O. The van der Waals surface area contributed by atoms with E-state index in [9.17, 15) is 4.79 Å². The van der Waals surface area contributed by atoms with Crippen LogP contribution in [-0.2, 0) is 4.79 Å². The Morgan fingerprint density at radius 3 is 1.56 bits per heavy atom. The normalized spacial score (nSPS) is 18.0. The molecule has 0 aromatic rings. The van der Waals surface area contributed by atoms with Crippen molar-refractivity contribution >= 4 is 5.78 Å². The molecular weight excluding hydrogens is 120 g/mol. The highest BCUT2D eigenvalue weighted by Crippen LogP contribution is 2.12. The number of Topliss-reactive ketones (excluding diaryl/α,β-unsaturated/α-hetero) is 1. The van der Waals surface area contributed by atoms with Gasteiger partial charge in [-0.25, -0.2) is 0 Å². The predicted octanol–water partition coefficient (Wildman–Crippen LogP) is 1.59. The van der Waals surface area contributed by atoms with Crippen molar-refractivity contribution in [3.63, 3.8) is 0 Å². The van der Waals surface area contributed by atoms with Crippen molar-refractivity contribution < 1.29 is 4.79 Å². The van der Waals surface area contributed by atoms with E-state index in [1.807, 2.05) is 0 Å². The average molecular weight is 130 g/mol. The second kappa shape index (κ2) is 5.41. The van der Waals surface area contributed by atoms with Crippen molar-refractivity contribution in [2.45, 2.75) is 32.1 Å². The molecule has 52 valence electrons. The van der Waals surface area contributed by atoms with Gasteiger partial charge in [-0.05, 0) is 12.8 Å². The lowest BCUT2D eigenvalue weighted by molar-refractivity contribution is -0.120. The van der Waals surface area contributed by atoms with Crippen molar-refractivity contribution in [2.24, 2.45) is 0 Å². The molecule has 0 radical (unpaired) electrons. The molecule has 1 aliphatic rings. The van der Waals surface area contributed by atoms with Crippen LogP contribution in [0.4, 0.5) is 0 Å². The van der Waals surface area contributed by atoms with E-state index in [1.165, 1.54) is 6.42 Å². The minimum absolute atomic E-state index is 0.464. The summed E-state index contributed by atoms with van der Waals surface area (Å²) >= 11 is 0. The van der Waals surface area contributed by atoms with E-state index in [4.69, 9.17) is 9.93 Å². The fraction of sp³-hybridized carbons (Fsp3) is 0.833. The van der Waals surface area contributed by atoms with Gasteiger partial charge in [-0.1, -0.05) is 6.42 Å². The molecule has 0 aliphatic heterocycles. The van der Waals surface area contributed by atoms with Gasteiger partial charge in [0, 0.05) is 22.8 Å². The maximum atomic E-state index is 10.5. The van der Waals surface area contributed by atoms with E-state index >= 15 is 0 Å². The molecule has 9 heavy (non-hydrogen) atoms. The zero-order valence-corrected chi connectivity index (χ0v) is 5.26. The third-order valence-electron chi connectivity index (χ3n) is 1.41. The lowest BCUT2D eigenvalue weighted by atomic mass is 10.00. The summed E-state index contributed by atoms with van der Waals surface area (Å²) in [5.41, 5.74) is 0. The molecule has 1 aliphatic carbocycles. The van der Waals surface area contributed by atoms with Crippen molar-refractivity contribution in [2.75, 3.05) is 0 Å². The van der Waals surface area contributed by atoms with Gasteiger partial charge >= 0.3 is 0 Å². The summed E-state index contributed by atoms with van der Waals surface area (Å²) in [5, 5.41) is 0. The lowest BCUT2D eigenvalue weighted by Crippen LogP contribution is -2.02. The maximum Gasteiger partial charge on any atom is 0.132 e. The van der Waals surface area contributed by atoms with Crippen LogP contribution in [0.15, 0.2) is 0 Å². The minimum Gasteiger partial charge on any atom is -0.300 e. The van der Waals surface area contributed by atoms with E-state index in [0.29, 0.717) is 5.78 Å². The van der Waals surface area contributed by atoms with E-state index < -0.39 is 0 Å². The Kier molecular flexibility index (Phi) is 4.97. The average Bonchev–Trinajstić information content (AvgIpc) is 1.94. The third-order valence-corrected chi connectivity index (χ3v) is 1.41. The molecule has 3 heteroatoms. The summed E-state index contributed by atoms with van der Waals surface area (Å²) in [6.07, 6.45) is 5.24. The van der Waals surface area contributed by atoms with Gasteiger partial charge in [-0.2, -0.15) is 0 Å². The van der Waals surface area contributed by atoms with Crippen LogP contribution in [0.25, 0.3) is 0 Å². The molecule has 0 heterocycles. The second-order valence-electron chi connectivity index (χ2n) is 2.10. The summed E-state index contributed by atoms with van der Waals surface area (Å²) in [4.78, 5) is 24.5. The molecule has 0 aromatic heterocycles. The van der Waals surface area contributed by atoms with E-state index in [0.717, 1.165) is 25.7 Å². The smallest absolute Gasteiger partial charge is 0.132 e. The Balaban J connectivity index is 0.000000291. The van der Waals surface area contributed by atoms with Gasteiger partial charge in [0.25, 0.3) is 0 Å². The second-order valence-corrected chi connectivity index (χ2v) is 2.10. The van der Waals surface area contributed by atoms with E-state index in [2.05, 4.69) is 0 Å². The van der Waals surface area contributed by atoms with Gasteiger partial charge in [-0.3, -0.25) is 4.79 Å².